The van der Waals surface area contributed by atoms with Gasteiger partial charge in [-0.2, -0.15) is 4.31 Å². The lowest BCUT2D eigenvalue weighted by Crippen LogP contribution is -2.37. The number of nitrogens with zero attached hydrogens (tertiary/aromatic N) is 1. The fourth-order valence-electron chi connectivity index (χ4n) is 2.90. The number of hydrogen-bond acceptors (Lipinski definition) is 5. The average Bonchev–Trinajstić information content (AvgIpc) is 2.66. The number of ether oxygens (including phenoxy) is 1. The summed E-state index contributed by atoms with van der Waals surface area (Å²) in [5.41, 5.74) is 0.209. The highest BCUT2D eigenvalue weighted by molar-refractivity contribution is 7.89. The second-order valence-corrected chi connectivity index (χ2v) is 9.66. The lowest BCUT2D eigenvalue weighted by Gasteiger charge is -2.29. The molecule has 8 heteroatoms. The van der Waals surface area contributed by atoms with E-state index in [1.165, 1.54) is 28.6 Å². The van der Waals surface area contributed by atoms with E-state index in [4.69, 9.17) is 4.74 Å². The zero-order valence-corrected chi connectivity index (χ0v) is 17.6. The number of hydrogen-bond donors (Lipinski definition) is 1. The van der Waals surface area contributed by atoms with Gasteiger partial charge in [0.25, 0.3) is 5.91 Å². The van der Waals surface area contributed by atoms with Gasteiger partial charge in [-0.3, -0.25) is 4.79 Å². The molecule has 0 atom stereocenters. The molecule has 0 spiro atoms. The van der Waals surface area contributed by atoms with Crippen molar-refractivity contribution in [2.24, 2.45) is 11.8 Å². The molecule has 1 heterocycles. The van der Waals surface area contributed by atoms with Crippen LogP contribution in [0.2, 0.25) is 0 Å². The van der Waals surface area contributed by atoms with Crippen LogP contribution in [-0.2, 0) is 19.6 Å². The minimum absolute atomic E-state index is 0.157. The topological polar surface area (TPSA) is 92.8 Å². The molecule has 1 aromatic rings. The third kappa shape index (κ3) is 6.31. The second-order valence-electron chi connectivity index (χ2n) is 7.72. The van der Waals surface area contributed by atoms with Crippen molar-refractivity contribution < 1.29 is 22.7 Å². The summed E-state index contributed by atoms with van der Waals surface area (Å²) in [6.45, 7) is 7.44. The zero-order valence-electron chi connectivity index (χ0n) is 16.8. The number of nitrogens with one attached hydrogen (secondary N) is 1. The number of esters is 1. The number of rotatable bonds is 8. The number of sulfonamides is 1. The van der Waals surface area contributed by atoms with Gasteiger partial charge in [-0.1, -0.05) is 20.8 Å². The Bertz CT molecular complexity index is 766. The fourth-order valence-corrected chi connectivity index (χ4v) is 4.37. The van der Waals surface area contributed by atoms with Crippen LogP contribution in [0.3, 0.4) is 0 Å². The molecule has 0 bridgehead atoms. The number of amides is 1. The molecule has 1 fully saturated rings. The fraction of sp³-hybridized carbons (Fsp3) is 0.600. The Morgan fingerprint density at radius 1 is 1.18 bits per heavy atom. The van der Waals surface area contributed by atoms with Crippen molar-refractivity contribution >= 4 is 21.9 Å². The molecule has 1 aliphatic heterocycles. The minimum Gasteiger partial charge on any atom is -0.452 e. The van der Waals surface area contributed by atoms with E-state index in [1.54, 1.807) is 0 Å². The van der Waals surface area contributed by atoms with E-state index in [-0.39, 0.29) is 23.0 Å². The Balaban J connectivity index is 1.89. The van der Waals surface area contributed by atoms with Crippen molar-refractivity contribution in [3.8, 4) is 0 Å². The second kappa shape index (κ2) is 10.0. The number of piperidine rings is 1. The van der Waals surface area contributed by atoms with E-state index in [1.807, 2.05) is 0 Å². The maximum atomic E-state index is 12.7. The maximum absolute atomic E-state index is 12.7. The third-order valence-corrected chi connectivity index (χ3v) is 6.76. The summed E-state index contributed by atoms with van der Waals surface area (Å²) in [7, 11) is -3.55. The molecule has 0 unspecified atom stereocenters. The third-order valence-electron chi connectivity index (χ3n) is 4.85. The summed E-state index contributed by atoms with van der Waals surface area (Å²) in [4.78, 5) is 23.9. The largest absolute Gasteiger partial charge is 0.452 e. The first kappa shape index (κ1) is 22.4. The van der Waals surface area contributed by atoms with Gasteiger partial charge >= 0.3 is 5.97 Å². The molecular formula is C20H30N2O5S. The van der Waals surface area contributed by atoms with Gasteiger partial charge in [-0.05, 0) is 55.4 Å². The molecule has 1 aliphatic rings. The van der Waals surface area contributed by atoms with E-state index in [0.29, 0.717) is 31.5 Å². The van der Waals surface area contributed by atoms with Crippen LogP contribution in [0.4, 0.5) is 0 Å². The quantitative estimate of drug-likeness (QED) is 0.665. The molecule has 0 aromatic heterocycles. The highest BCUT2D eigenvalue weighted by Gasteiger charge is 2.28. The Hall–Kier alpha value is -1.93. The Kier molecular flexibility index (Phi) is 8.00. The van der Waals surface area contributed by atoms with E-state index in [9.17, 15) is 18.0 Å². The Morgan fingerprint density at radius 3 is 2.36 bits per heavy atom. The summed E-state index contributed by atoms with van der Waals surface area (Å²) in [5, 5.41) is 2.69. The number of benzene rings is 1. The van der Waals surface area contributed by atoms with Gasteiger partial charge in [0.05, 0.1) is 10.5 Å². The van der Waals surface area contributed by atoms with Crippen LogP contribution in [-0.4, -0.2) is 50.8 Å². The van der Waals surface area contributed by atoms with Crippen LogP contribution < -0.4 is 5.32 Å². The van der Waals surface area contributed by atoms with Crippen molar-refractivity contribution in [3.63, 3.8) is 0 Å². The van der Waals surface area contributed by atoms with Crippen LogP contribution in [0.5, 0.6) is 0 Å². The monoisotopic (exact) mass is 410 g/mol. The molecule has 0 aliphatic carbocycles. The molecule has 1 aromatic carbocycles. The van der Waals surface area contributed by atoms with Gasteiger partial charge in [0.1, 0.15) is 0 Å². The van der Waals surface area contributed by atoms with Gasteiger partial charge in [-0.15, -0.1) is 0 Å². The maximum Gasteiger partial charge on any atom is 0.338 e. The number of carbonyl (C=O) groups is 2. The van der Waals surface area contributed by atoms with E-state index >= 15 is 0 Å². The van der Waals surface area contributed by atoms with Crippen molar-refractivity contribution in [2.45, 2.75) is 44.9 Å². The zero-order chi connectivity index (χ0) is 20.7. The summed E-state index contributed by atoms with van der Waals surface area (Å²) in [6.07, 6.45) is 2.55. The predicted molar refractivity (Wildman–Crippen MR) is 106 cm³/mol. The molecule has 7 nitrogen and oxygen atoms in total. The summed E-state index contributed by atoms with van der Waals surface area (Å²) in [5.74, 6) is -0.000528. The molecule has 156 valence electrons. The highest BCUT2D eigenvalue weighted by atomic mass is 32.2. The normalized spacial score (nSPS) is 16.1. The van der Waals surface area contributed by atoms with Gasteiger partial charge in [-0.25, -0.2) is 13.2 Å². The molecule has 0 saturated carbocycles. The summed E-state index contributed by atoms with van der Waals surface area (Å²) >= 11 is 0. The molecule has 1 saturated heterocycles. The van der Waals surface area contributed by atoms with E-state index < -0.39 is 16.0 Å². The molecule has 28 heavy (non-hydrogen) atoms. The average molecular weight is 411 g/mol. The highest BCUT2D eigenvalue weighted by Crippen LogP contribution is 2.23. The molecule has 2 rings (SSSR count). The molecular weight excluding hydrogens is 380 g/mol. The van der Waals surface area contributed by atoms with E-state index in [2.05, 4.69) is 26.1 Å². The predicted octanol–water partition coefficient (Wildman–Crippen LogP) is 2.43. The summed E-state index contributed by atoms with van der Waals surface area (Å²) in [6, 6.07) is 5.65. The van der Waals surface area contributed by atoms with E-state index in [0.717, 1.165) is 19.3 Å². The lowest BCUT2D eigenvalue weighted by molar-refractivity contribution is -0.124. The van der Waals surface area contributed by atoms with Crippen molar-refractivity contribution in [3.05, 3.63) is 29.8 Å². The van der Waals surface area contributed by atoms with Crippen molar-refractivity contribution in [1.82, 2.24) is 9.62 Å². The van der Waals surface area contributed by atoms with Crippen molar-refractivity contribution in [2.75, 3.05) is 26.2 Å². The Labute approximate surface area is 167 Å². The van der Waals surface area contributed by atoms with Crippen molar-refractivity contribution in [1.29, 1.82) is 0 Å². The number of carbonyl (C=O) groups excluding carboxylic acids is 2. The minimum atomic E-state index is -3.55. The van der Waals surface area contributed by atoms with Crippen LogP contribution in [0.25, 0.3) is 0 Å². The SMILES string of the molecule is CC(C)CCNC(=O)COC(=O)c1ccc(S(=O)(=O)N2CCC(C)CC2)cc1. The Morgan fingerprint density at radius 2 is 1.79 bits per heavy atom. The first-order valence-electron chi connectivity index (χ1n) is 9.74. The van der Waals surface area contributed by atoms with Gasteiger partial charge in [0.2, 0.25) is 10.0 Å². The van der Waals surface area contributed by atoms with Crippen LogP contribution in [0, 0.1) is 11.8 Å². The first-order valence-corrected chi connectivity index (χ1v) is 11.2. The molecule has 1 amide bonds. The molecule has 1 N–H and O–H groups in total. The first-order chi connectivity index (χ1) is 13.2. The van der Waals surface area contributed by atoms with Gasteiger partial charge < -0.3 is 10.1 Å². The van der Waals surface area contributed by atoms with Gasteiger partial charge in [0, 0.05) is 19.6 Å². The van der Waals surface area contributed by atoms with Crippen LogP contribution in [0.15, 0.2) is 29.2 Å². The molecule has 0 radical (unpaired) electrons. The lowest BCUT2D eigenvalue weighted by atomic mass is 10.0. The van der Waals surface area contributed by atoms with Crippen LogP contribution >= 0.6 is 0 Å². The van der Waals surface area contributed by atoms with Gasteiger partial charge in [0.15, 0.2) is 6.61 Å². The standard InChI is InChI=1S/C20H30N2O5S/c1-15(2)8-11-21-19(23)14-27-20(24)17-4-6-18(7-5-17)28(25,26)22-12-9-16(3)10-13-22/h4-7,15-16H,8-14H2,1-3H3,(H,21,23). The summed E-state index contributed by atoms with van der Waals surface area (Å²) < 4.78 is 31.9. The smallest absolute Gasteiger partial charge is 0.338 e. The van der Waals surface area contributed by atoms with Crippen LogP contribution in [0.1, 0.15) is 50.4 Å².